The van der Waals surface area contributed by atoms with E-state index < -0.39 is 41.1 Å². The van der Waals surface area contributed by atoms with Gasteiger partial charge in [-0.1, -0.05) is 0 Å². The Balaban J connectivity index is 2.62. The molecule has 0 saturated carbocycles. The number of aliphatic hydroxyl groups excluding tert-OH is 1. The van der Waals surface area contributed by atoms with Crippen LogP contribution in [0.4, 0.5) is 20.6 Å². The summed E-state index contributed by atoms with van der Waals surface area (Å²) in [6.45, 7) is -0.574. The molecule has 0 heterocycles. The molecular formula is C10H10FN3O6. The number of non-ortho nitro benzene ring substituents is 1. The van der Waals surface area contributed by atoms with Gasteiger partial charge in [0.05, 0.1) is 23.2 Å². The first kappa shape index (κ1) is 15.3. The van der Waals surface area contributed by atoms with Gasteiger partial charge >= 0.3 is 12.0 Å². The van der Waals surface area contributed by atoms with Gasteiger partial charge in [-0.05, 0) is 6.07 Å². The minimum Gasteiger partial charge on any atom is -0.479 e. The summed E-state index contributed by atoms with van der Waals surface area (Å²) in [5, 5.41) is 31.7. The molecule has 0 aromatic heterocycles. The van der Waals surface area contributed by atoms with E-state index in [0.717, 1.165) is 12.1 Å². The molecule has 0 unspecified atom stereocenters. The maximum absolute atomic E-state index is 13.4. The van der Waals surface area contributed by atoms with Crippen molar-refractivity contribution in [2.45, 2.75) is 6.10 Å². The van der Waals surface area contributed by atoms with Gasteiger partial charge in [-0.15, -0.1) is 0 Å². The number of nitro benzene ring substituents is 1. The van der Waals surface area contributed by atoms with Crippen LogP contribution in [0.5, 0.6) is 0 Å². The molecule has 1 aromatic rings. The summed E-state index contributed by atoms with van der Waals surface area (Å²) in [5.41, 5.74) is -0.798. The number of aliphatic hydroxyl groups is 1. The predicted octanol–water partition coefficient (Wildman–Crippen LogP) is 0.301. The Morgan fingerprint density at radius 2 is 2.10 bits per heavy atom. The quantitative estimate of drug-likeness (QED) is 0.453. The zero-order chi connectivity index (χ0) is 15.3. The number of halogens is 1. The molecule has 0 spiro atoms. The second-order valence-electron chi connectivity index (χ2n) is 3.61. The lowest BCUT2D eigenvalue weighted by molar-refractivity contribution is -0.385. The fraction of sp³-hybridized carbons (Fsp3) is 0.200. The largest absolute Gasteiger partial charge is 0.479 e. The molecular weight excluding hydrogens is 277 g/mol. The van der Waals surface area contributed by atoms with E-state index in [9.17, 15) is 24.1 Å². The minimum atomic E-state index is -1.79. The third-order valence-corrected chi connectivity index (χ3v) is 2.15. The molecule has 4 N–H and O–H groups in total. The van der Waals surface area contributed by atoms with E-state index in [1.807, 2.05) is 10.6 Å². The first-order valence-electron chi connectivity index (χ1n) is 5.21. The third-order valence-electron chi connectivity index (χ3n) is 2.15. The molecule has 0 aliphatic carbocycles. The SMILES string of the molecule is O=C(NC[C@H](O)C(=O)O)Nc1ccc([N+](=O)[O-])cc1F. The zero-order valence-corrected chi connectivity index (χ0v) is 9.87. The van der Waals surface area contributed by atoms with Crippen molar-refractivity contribution < 1.29 is 29.1 Å². The van der Waals surface area contributed by atoms with Crippen LogP contribution in [0.3, 0.4) is 0 Å². The fourth-order valence-corrected chi connectivity index (χ4v) is 1.16. The van der Waals surface area contributed by atoms with Gasteiger partial charge in [0.1, 0.15) is 0 Å². The number of carboxylic acids is 1. The van der Waals surface area contributed by atoms with E-state index in [1.165, 1.54) is 0 Å². The van der Waals surface area contributed by atoms with Crippen molar-refractivity contribution in [3.8, 4) is 0 Å². The summed E-state index contributed by atoms with van der Waals surface area (Å²) < 4.78 is 13.4. The second-order valence-corrected chi connectivity index (χ2v) is 3.61. The molecule has 0 aliphatic rings. The number of nitrogens with zero attached hydrogens (tertiary/aromatic N) is 1. The molecule has 1 rings (SSSR count). The molecule has 2 amide bonds. The number of carbonyl (C=O) groups excluding carboxylic acids is 1. The van der Waals surface area contributed by atoms with Gasteiger partial charge in [-0.3, -0.25) is 10.1 Å². The summed E-state index contributed by atoms with van der Waals surface area (Å²) in [5.74, 6) is -2.54. The molecule has 108 valence electrons. The lowest BCUT2D eigenvalue weighted by Gasteiger charge is -2.09. The summed E-state index contributed by atoms with van der Waals surface area (Å²) in [6, 6.07) is 1.64. The highest BCUT2D eigenvalue weighted by atomic mass is 19.1. The molecule has 0 bridgehead atoms. The average Bonchev–Trinajstić information content (AvgIpc) is 2.37. The molecule has 9 nitrogen and oxygen atoms in total. The lowest BCUT2D eigenvalue weighted by Crippen LogP contribution is -2.38. The van der Waals surface area contributed by atoms with Crippen molar-refractivity contribution in [2.24, 2.45) is 0 Å². The van der Waals surface area contributed by atoms with Crippen LogP contribution in [0.1, 0.15) is 0 Å². The normalized spacial score (nSPS) is 11.5. The Morgan fingerprint density at radius 1 is 1.45 bits per heavy atom. The van der Waals surface area contributed by atoms with Crippen molar-refractivity contribution in [3.05, 3.63) is 34.1 Å². The van der Waals surface area contributed by atoms with Gasteiger partial charge < -0.3 is 20.8 Å². The van der Waals surface area contributed by atoms with Crippen LogP contribution in [0.2, 0.25) is 0 Å². The Labute approximate surface area is 111 Å². The van der Waals surface area contributed by atoms with Gasteiger partial charge in [0.15, 0.2) is 11.9 Å². The summed E-state index contributed by atoms with van der Waals surface area (Å²) in [6.07, 6.45) is -1.79. The van der Waals surface area contributed by atoms with Gasteiger partial charge in [-0.2, -0.15) is 0 Å². The Bertz CT molecular complexity index is 550. The highest BCUT2D eigenvalue weighted by molar-refractivity contribution is 5.89. The van der Waals surface area contributed by atoms with Gasteiger partial charge in [0.25, 0.3) is 5.69 Å². The number of anilines is 1. The van der Waals surface area contributed by atoms with Crippen molar-refractivity contribution in [3.63, 3.8) is 0 Å². The number of aliphatic carboxylic acids is 1. The monoisotopic (exact) mass is 287 g/mol. The molecule has 1 atom stereocenters. The summed E-state index contributed by atoms with van der Waals surface area (Å²) in [7, 11) is 0. The topological polar surface area (TPSA) is 142 Å². The maximum Gasteiger partial charge on any atom is 0.334 e. The lowest BCUT2D eigenvalue weighted by atomic mass is 10.2. The van der Waals surface area contributed by atoms with E-state index in [4.69, 9.17) is 10.2 Å². The summed E-state index contributed by atoms with van der Waals surface area (Å²) in [4.78, 5) is 31.2. The van der Waals surface area contributed by atoms with E-state index in [0.29, 0.717) is 6.07 Å². The Kier molecular flexibility index (Phi) is 4.92. The van der Waals surface area contributed by atoms with E-state index >= 15 is 0 Å². The van der Waals surface area contributed by atoms with E-state index in [-0.39, 0.29) is 5.69 Å². The minimum absolute atomic E-state index is 0.321. The number of benzene rings is 1. The van der Waals surface area contributed by atoms with Crippen LogP contribution < -0.4 is 10.6 Å². The van der Waals surface area contributed by atoms with Crippen molar-refractivity contribution in [1.29, 1.82) is 0 Å². The number of nitro groups is 1. The van der Waals surface area contributed by atoms with Gasteiger partial charge in [-0.25, -0.2) is 14.0 Å². The number of amides is 2. The molecule has 1 aromatic carbocycles. The van der Waals surface area contributed by atoms with Crippen LogP contribution in [-0.4, -0.2) is 39.8 Å². The molecule has 20 heavy (non-hydrogen) atoms. The Morgan fingerprint density at radius 3 is 2.60 bits per heavy atom. The first-order valence-corrected chi connectivity index (χ1v) is 5.21. The average molecular weight is 287 g/mol. The van der Waals surface area contributed by atoms with Gasteiger partial charge in [0.2, 0.25) is 0 Å². The van der Waals surface area contributed by atoms with Crippen LogP contribution in [-0.2, 0) is 4.79 Å². The third kappa shape index (κ3) is 4.17. The molecule has 10 heteroatoms. The van der Waals surface area contributed by atoms with Crippen molar-refractivity contribution in [1.82, 2.24) is 5.32 Å². The summed E-state index contributed by atoms with van der Waals surface area (Å²) >= 11 is 0. The fourth-order valence-electron chi connectivity index (χ4n) is 1.16. The van der Waals surface area contributed by atoms with Crippen molar-refractivity contribution >= 4 is 23.4 Å². The number of rotatable bonds is 5. The standard InChI is InChI=1S/C10H10FN3O6/c11-6-3-5(14(19)20)1-2-7(6)13-10(18)12-4-8(15)9(16)17/h1-3,8,15H,4H2,(H,16,17)(H2,12,13,18)/t8-/m0/s1. The second kappa shape index (κ2) is 6.43. The highest BCUT2D eigenvalue weighted by Crippen LogP contribution is 2.20. The predicted molar refractivity (Wildman–Crippen MR) is 63.7 cm³/mol. The number of hydrogen-bond acceptors (Lipinski definition) is 5. The molecule has 0 radical (unpaired) electrons. The first-order chi connectivity index (χ1) is 9.31. The van der Waals surface area contributed by atoms with Crippen LogP contribution in [0, 0.1) is 15.9 Å². The number of hydrogen-bond donors (Lipinski definition) is 4. The van der Waals surface area contributed by atoms with E-state index in [1.54, 1.807) is 0 Å². The number of urea groups is 1. The van der Waals surface area contributed by atoms with Crippen LogP contribution in [0.25, 0.3) is 0 Å². The van der Waals surface area contributed by atoms with Gasteiger partial charge in [0, 0.05) is 6.07 Å². The maximum atomic E-state index is 13.4. The van der Waals surface area contributed by atoms with E-state index in [2.05, 4.69) is 0 Å². The van der Waals surface area contributed by atoms with Crippen LogP contribution in [0.15, 0.2) is 18.2 Å². The smallest absolute Gasteiger partial charge is 0.334 e. The number of nitrogens with one attached hydrogen (secondary N) is 2. The highest BCUT2D eigenvalue weighted by Gasteiger charge is 2.16. The molecule has 0 saturated heterocycles. The van der Waals surface area contributed by atoms with Crippen LogP contribution >= 0.6 is 0 Å². The Hall–Kier alpha value is -2.75. The van der Waals surface area contributed by atoms with Crippen molar-refractivity contribution in [2.75, 3.05) is 11.9 Å². The number of carboxylic acid groups (broad SMARTS) is 1. The zero-order valence-electron chi connectivity index (χ0n) is 9.87. The molecule has 0 aliphatic heterocycles. The molecule has 0 fully saturated rings. The number of carbonyl (C=O) groups is 2.